The number of hydrogen-bond acceptors (Lipinski definition) is 5. The lowest BCUT2D eigenvalue weighted by molar-refractivity contribution is 0.0601. The number of esters is 1. The predicted octanol–water partition coefficient (Wildman–Crippen LogP) is 1.53. The summed E-state index contributed by atoms with van der Waals surface area (Å²) in [6, 6.07) is 5.84. The first kappa shape index (κ1) is 13.7. The first-order chi connectivity index (χ1) is 9.13. The van der Waals surface area contributed by atoms with Gasteiger partial charge in [-0.3, -0.25) is 0 Å². The van der Waals surface area contributed by atoms with Crippen molar-refractivity contribution in [1.29, 1.82) is 0 Å². The Hall–Kier alpha value is -1.75. The van der Waals surface area contributed by atoms with Crippen LogP contribution in [-0.4, -0.2) is 44.2 Å². The highest BCUT2D eigenvalue weighted by molar-refractivity contribution is 5.96. The number of ether oxygens (including phenoxy) is 2. The summed E-state index contributed by atoms with van der Waals surface area (Å²) in [5.41, 5.74) is 6.59. The Morgan fingerprint density at radius 3 is 2.84 bits per heavy atom. The Labute approximate surface area is 113 Å². The highest BCUT2D eigenvalue weighted by Gasteiger charge is 2.25. The second kappa shape index (κ2) is 5.93. The smallest absolute Gasteiger partial charge is 0.340 e. The molecule has 104 valence electrons. The van der Waals surface area contributed by atoms with Crippen LogP contribution in [0.5, 0.6) is 5.75 Å². The van der Waals surface area contributed by atoms with Crippen LogP contribution in [0.15, 0.2) is 18.2 Å². The Morgan fingerprint density at radius 1 is 1.47 bits per heavy atom. The summed E-state index contributed by atoms with van der Waals surface area (Å²) in [4.78, 5) is 13.8. The molecule has 2 N–H and O–H groups in total. The second-order valence-electron chi connectivity index (χ2n) is 4.77. The Balaban J connectivity index is 1.94. The number of rotatable bonds is 6. The monoisotopic (exact) mass is 264 g/mol. The number of benzene rings is 1. The van der Waals surface area contributed by atoms with E-state index in [-0.39, 0.29) is 0 Å². The van der Waals surface area contributed by atoms with Crippen molar-refractivity contribution in [2.75, 3.05) is 33.0 Å². The summed E-state index contributed by atoms with van der Waals surface area (Å²) in [5.74, 6) is 0.0881. The molecule has 19 heavy (non-hydrogen) atoms. The van der Waals surface area contributed by atoms with Gasteiger partial charge in [0.25, 0.3) is 0 Å². The van der Waals surface area contributed by atoms with Gasteiger partial charge in [-0.15, -0.1) is 0 Å². The van der Waals surface area contributed by atoms with Crippen molar-refractivity contribution >= 4 is 11.7 Å². The van der Waals surface area contributed by atoms with Gasteiger partial charge in [-0.2, -0.15) is 0 Å². The molecule has 0 heterocycles. The van der Waals surface area contributed by atoms with Crippen molar-refractivity contribution in [2.24, 2.45) is 0 Å². The van der Waals surface area contributed by atoms with E-state index in [9.17, 15) is 4.79 Å². The van der Waals surface area contributed by atoms with Crippen LogP contribution in [0.2, 0.25) is 0 Å². The topological polar surface area (TPSA) is 64.8 Å². The molecule has 1 aromatic carbocycles. The van der Waals surface area contributed by atoms with E-state index in [0.29, 0.717) is 29.6 Å². The van der Waals surface area contributed by atoms with Crippen molar-refractivity contribution in [2.45, 2.75) is 18.9 Å². The number of likely N-dealkylation sites (N-methyl/N-ethyl adjacent to an activating group) is 1. The molecule has 1 fully saturated rings. The molecule has 0 bridgehead atoms. The highest BCUT2D eigenvalue weighted by atomic mass is 16.5. The molecule has 0 amide bonds. The van der Waals surface area contributed by atoms with Gasteiger partial charge in [-0.1, -0.05) is 6.07 Å². The number of hydrogen-bond donors (Lipinski definition) is 1. The lowest BCUT2D eigenvalue weighted by Gasteiger charge is -2.17. The van der Waals surface area contributed by atoms with E-state index in [1.54, 1.807) is 18.2 Å². The average Bonchev–Trinajstić information content (AvgIpc) is 3.24. The first-order valence-corrected chi connectivity index (χ1v) is 6.43. The highest BCUT2D eigenvalue weighted by Crippen LogP contribution is 2.27. The van der Waals surface area contributed by atoms with E-state index in [1.165, 1.54) is 20.0 Å². The summed E-state index contributed by atoms with van der Waals surface area (Å²) < 4.78 is 10.3. The van der Waals surface area contributed by atoms with Crippen LogP contribution in [0.25, 0.3) is 0 Å². The minimum Gasteiger partial charge on any atom is -0.490 e. The Morgan fingerprint density at radius 2 is 2.21 bits per heavy atom. The SMILES string of the molecule is COC(=O)c1cccc(OCCN(C)C2CC2)c1N. The van der Waals surface area contributed by atoms with E-state index >= 15 is 0 Å². The van der Waals surface area contributed by atoms with Crippen LogP contribution in [0.1, 0.15) is 23.2 Å². The molecule has 1 aliphatic carbocycles. The van der Waals surface area contributed by atoms with Crippen LogP contribution < -0.4 is 10.5 Å². The van der Waals surface area contributed by atoms with E-state index in [1.807, 2.05) is 0 Å². The number of methoxy groups -OCH3 is 1. The fraction of sp³-hybridized carbons (Fsp3) is 0.500. The third kappa shape index (κ3) is 3.38. The minimum atomic E-state index is -0.446. The third-order valence-electron chi connectivity index (χ3n) is 3.34. The summed E-state index contributed by atoms with van der Waals surface area (Å²) in [6.07, 6.45) is 2.55. The zero-order valence-electron chi connectivity index (χ0n) is 11.4. The van der Waals surface area contributed by atoms with E-state index in [0.717, 1.165) is 6.54 Å². The van der Waals surface area contributed by atoms with Gasteiger partial charge >= 0.3 is 5.97 Å². The maximum Gasteiger partial charge on any atom is 0.340 e. The lowest BCUT2D eigenvalue weighted by Crippen LogP contribution is -2.26. The number of anilines is 1. The van der Waals surface area contributed by atoms with Crippen molar-refractivity contribution in [1.82, 2.24) is 4.90 Å². The molecule has 2 rings (SSSR count). The molecule has 0 aromatic heterocycles. The fourth-order valence-electron chi connectivity index (χ4n) is 1.96. The summed E-state index contributed by atoms with van der Waals surface area (Å²) in [5, 5.41) is 0. The minimum absolute atomic E-state index is 0.337. The molecule has 0 radical (unpaired) electrons. The van der Waals surface area contributed by atoms with Crippen molar-refractivity contribution in [3.63, 3.8) is 0 Å². The molecule has 0 aliphatic heterocycles. The molecule has 0 spiro atoms. The van der Waals surface area contributed by atoms with E-state index < -0.39 is 5.97 Å². The number of nitrogens with two attached hydrogens (primary N) is 1. The quantitative estimate of drug-likeness (QED) is 0.623. The summed E-state index contributed by atoms with van der Waals surface area (Å²) in [6.45, 7) is 1.41. The largest absolute Gasteiger partial charge is 0.490 e. The van der Waals surface area contributed by atoms with Gasteiger partial charge in [0.15, 0.2) is 0 Å². The van der Waals surface area contributed by atoms with Gasteiger partial charge in [0, 0.05) is 12.6 Å². The van der Waals surface area contributed by atoms with E-state index in [2.05, 4.69) is 16.7 Å². The van der Waals surface area contributed by atoms with Crippen molar-refractivity contribution < 1.29 is 14.3 Å². The predicted molar refractivity (Wildman–Crippen MR) is 73.3 cm³/mol. The summed E-state index contributed by atoms with van der Waals surface area (Å²) in [7, 11) is 3.43. The first-order valence-electron chi connectivity index (χ1n) is 6.43. The van der Waals surface area contributed by atoms with Crippen molar-refractivity contribution in [3.05, 3.63) is 23.8 Å². The standard InChI is InChI=1S/C14H20N2O3/c1-16(10-6-7-10)8-9-19-12-5-3-4-11(13(12)15)14(17)18-2/h3-5,10H,6-9,15H2,1-2H3. The van der Waals surface area contributed by atoms with Crippen molar-refractivity contribution in [3.8, 4) is 5.75 Å². The zero-order chi connectivity index (χ0) is 13.8. The molecule has 0 unspecified atom stereocenters. The molecular formula is C14H20N2O3. The molecule has 1 aliphatic rings. The molecule has 5 nitrogen and oxygen atoms in total. The third-order valence-corrected chi connectivity index (χ3v) is 3.34. The van der Waals surface area contributed by atoms with Gasteiger partial charge in [-0.25, -0.2) is 4.79 Å². The van der Waals surface area contributed by atoms with Gasteiger partial charge in [0.2, 0.25) is 0 Å². The lowest BCUT2D eigenvalue weighted by atomic mass is 10.1. The van der Waals surface area contributed by atoms with Gasteiger partial charge < -0.3 is 20.1 Å². The molecule has 0 saturated heterocycles. The van der Waals surface area contributed by atoms with Gasteiger partial charge in [-0.05, 0) is 32.0 Å². The van der Waals surface area contributed by atoms with Gasteiger partial charge in [0.05, 0.1) is 18.4 Å². The maximum absolute atomic E-state index is 11.5. The van der Waals surface area contributed by atoms with Crippen LogP contribution in [0.3, 0.4) is 0 Å². The molecular weight excluding hydrogens is 244 g/mol. The molecule has 1 saturated carbocycles. The zero-order valence-corrected chi connectivity index (χ0v) is 11.4. The number of carbonyl (C=O) groups is 1. The maximum atomic E-state index is 11.5. The molecule has 0 atom stereocenters. The number of carbonyl (C=O) groups excluding carboxylic acids is 1. The summed E-state index contributed by atoms with van der Waals surface area (Å²) >= 11 is 0. The molecule has 1 aromatic rings. The van der Waals surface area contributed by atoms with Crippen LogP contribution in [0.4, 0.5) is 5.69 Å². The Bertz CT molecular complexity index is 458. The van der Waals surface area contributed by atoms with Crippen LogP contribution >= 0.6 is 0 Å². The van der Waals surface area contributed by atoms with Gasteiger partial charge in [0.1, 0.15) is 12.4 Å². The normalized spacial score (nSPS) is 14.5. The Kier molecular flexibility index (Phi) is 4.27. The number of para-hydroxylation sites is 1. The number of nitrogen functional groups attached to an aromatic ring is 1. The molecule has 5 heteroatoms. The van der Waals surface area contributed by atoms with Crippen LogP contribution in [-0.2, 0) is 4.74 Å². The average molecular weight is 264 g/mol. The van der Waals surface area contributed by atoms with Crippen LogP contribution in [0, 0.1) is 0 Å². The number of nitrogens with zero attached hydrogens (tertiary/aromatic N) is 1. The second-order valence-corrected chi connectivity index (χ2v) is 4.77. The van der Waals surface area contributed by atoms with E-state index in [4.69, 9.17) is 10.5 Å². The fourth-order valence-corrected chi connectivity index (χ4v) is 1.96.